The lowest BCUT2D eigenvalue weighted by Crippen LogP contribution is -2.28. The molecule has 0 saturated carbocycles. The number of amides is 1. The monoisotopic (exact) mass is 365 g/mol. The highest BCUT2D eigenvalue weighted by molar-refractivity contribution is 5.91. The number of rotatable bonds is 4. The van der Waals surface area contributed by atoms with Gasteiger partial charge in [0.05, 0.1) is 23.1 Å². The van der Waals surface area contributed by atoms with Gasteiger partial charge in [0.15, 0.2) is 0 Å². The Labute approximate surface area is 148 Å². The number of hydrogen-bond donors (Lipinski definition) is 2. The van der Waals surface area contributed by atoms with Gasteiger partial charge >= 0.3 is 6.18 Å². The molecule has 2 N–H and O–H groups in total. The predicted molar refractivity (Wildman–Crippen MR) is 91.1 cm³/mol. The van der Waals surface area contributed by atoms with Crippen LogP contribution in [-0.4, -0.2) is 24.1 Å². The molecule has 2 aromatic rings. The van der Waals surface area contributed by atoms with Crippen LogP contribution in [0.3, 0.4) is 0 Å². The maximum Gasteiger partial charge on any atom is 0.418 e. The summed E-state index contributed by atoms with van der Waals surface area (Å²) in [4.78, 5) is 16.2. The highest BCUT2D eigenvalue weighted by atomic mass is 19.4. The normalized spacial score (nSPS) is 15.5. The number of anilines is 3. The van der Waals surface area contributed by atoms with Gasteiger partial charge in [0, 0.05) is 19.1 Å². The molecule has 0 atom stereocenters. The lowest BCUT2D eigenvalue weighted by Gasteiger charge is -2.21. The number of benzene rings is 1. The van der Waals surface area contributed by atoms with Crippen molar-refractivity contribution in [1.82, 2.24) is 4.98 Å². The maximum atomic E-state index is 13.0. The standard InChI is InChI=1S/C18H18F3N3O2/c19-18(20,21)14-3-1-2-4-15(14)23-13-5-6-16(22-11-13)24-17(25)12-7-9-26-10-8-12/h1-6,11-12,23H,7-10H2,(H,22,24,25). The molecule has 0 unspecified atom stereocenters. The summed E-state index contributed by atoms with van der Waals surface area (Å²) in [7, 11) is 0. The third-order valence-electron chi connectivity index (χ3n) is 4.12. The van der Waals surface area contributed by atoms with Crippen LogP contribution in [0.1, 0.15) is 18.4 Å². The third kappa shape index (κ3) is 4.51. The molecule has 0 radical (unpaired) electrons. The molecular weight excluding hydrogens is 347 g/mol. The summed E-state index contributed by atoms with van der Waals surface area (Å²) in [5, 5.41) is 5.44. The van der Waals surface area contributed by atoms with E-state index in [4.69, 9.17) is 4.74 Å². The van der Waals surface area contributed by atoms with Crippen molar-refractivity contribution in [1.29, 1.82) is 0 Å². The number of ether oxygens (including phenoxy) is 1. The topological polar surface area (TPSA) is 63.2 Å². The lowest BCUT2D eigenvalue weighted by atomic mass is 9.99. The molecule has 8 heteroatoms. The fourth-order valence-electron chi connectivity index (χ4n) is 2.72. The zero-order valence-corrected chi connectivity index (χ0v) is 13.8. The largest absolute Gasteiger partial charge is 0.418 e. The van der Waals surface area contributed by atoms with Crippen LogP contribution in [0.5, 0.6) is 0 Å². The molecule has 5 nitrogen and oxygen atoms in total. The van der Waals surface area contributed by atoms with Gasteiger partial charge in [-0.2, -0.15) is 13.2 Å². The van der Waals surface area contributed by atoms with Crippen molar-refractivity contribution in [3.63, 3.8) is 0 Å². The second-order valence-electron chi connectivity index (χ2n) is 5.98. The molecule has 2 heterocycles. The van der Waals surface area contributed by atoms with E-state index in [1.54, 1.807) is 12.1 Å². The van der Waals surface area contributed by atoms with Crippen molar-refractivity contribution in [2.75, 3.05) is 23.8 Å². The zero-order valence-electron chi connectivity index (χ0n) is 13.8. The molecule has 1 aliphatic rings. The van der Waals surface area contributed by atoms with Gasteiger partial charge in [-0.25, -0.2) is 4.98 Å². The Morgan fingerprint density at radius 2 is 1.85 bits per heavy atom. The van der Waals surface area contributed by atoms with Crippen LogP contribution < -0.4 is 10.6 Å². The summed E-state index contributed by atoms with van der Waals surface area (Å²) in [6.07, 6.45) is -1.74. The van der Waals surface area contributed by atoms with Crippen LogP contribution in [0.15, 0.2) is 42.6 Å². The maximum absolute atomic E-state index is 13.0. The summed E-state index contributed by atoms with van der Waals surface area (Å²) in [6.45, 7) is 1.12. The zero-order chi connectivity index (χ0) is 18.6. The fraction of sp³-hybridized carbons (Fsp3) is 0.333. The summed E-state index contributed by atoms with van der Waals surface area (Å²) < 4.78 is 44.3. The molecular formula is C18H18F3N3O2. The molecule has 1 saturated heterocycles. The van der Waals surface area contributed by atoms with Crippen LogP contribution in [0.4, 0.5) is 30.4 Å². The van der Waals surface area contributed by atoms with Gasteiger partial charge in [0.25, 0.3) is 0 Å². The number of halogens is 3. The van der Waals surface area contributed by atoms with E-state index in [2.05, 4.69) is 15.6 Å². The van der Waals surface area contributed by atoms with E-state index in [-0.39, 0.29) is 17.5 Å². The highest BCUT2D eigenvalue weighted by Crippen LogP contribution is 2.35. The second kappa shape index (κ2) is 7.74. The van der Waals surface area contributed by atoms with E-state index < -0.39 is 11.7 Å². The number of aromatic nitrogens is 1. The van der Waals surface area contributed by atoms with Crippen LogP contribution in [0, 0.1) is 5.92 Å². The molecule has 3 rings (SSSR count). The van der Waals surface area contributed by atoms with Crippen molar-refractivity contribution in [2.45, 2.75) is 19.0 Å². The number of alkyl halides is 3. The summed E-state index contributed by atoms with van der Waals surface area (Å²) in [5.74, 6) is 0.127. The first kappa shape index (κ1) is 18.2. The van der Waals surface area contributed by atoms with Gasteiger partial charge in [-0.05, 0) is 37.1 Å². The lowest BCUT2D eigenvalue weighted by molar-refractivity contribution is -0.137. The van der Waals surface area contributed by atoms with Crippen molar-refractivity contribution < 1.29 is 22.7 Å². The molecule has 1 aromatic heterocycles. The molecule has 0 bridgehead atoms. The Balaban J connectivity index is 1.66. The molecule has 1 fully saturated rings. The third-order valence-corrected chi connectivity index (χ3v) is 4.12. The van der Waals surface area contributed by atoms with Crippen molar-refractivity contribution in [3.05, 3.63) is 48.2 Å². The van der Waals surface area contributed by atoms with Gasteiger partial charge in [-0.3, -0.25) is 4.79 Å². The minimum absolute atomic E-state index is 0.0548. The van der Waals surface area contributed by atoms with Crippen molar-refractivity contribution >= 4 is 23.1 Å². The fourth-order valence-corrected chi connectivity index (χ4v) is 2.72. The van der Waals surface area contributed by atoms with Crippen molar-refractivity contribution in [2.24, 2.45) is 5.92 Å². The number of hydrogen-bond acceptors (Lipinski definition) is 4. The SMILES string of the molecule is O=C(Nc1ccc(Nc2ccccc2C(F)(F)F)cn1)C1CCOCC1. The van der Waals surface area contributed by atoms with Crippen LogP contribution in [0.25, 0.3) is 0 Å². The number of carbonyl (C=O) groups excluding carboxylic acids is 1. The minimum atomic E-state index is -4.45. The Morgan fingerprint density at radius 1 is 1.12 bits per heavy atom. The Bertz CT molecular complexity index is 757. The number of para-hydroxylation sites is 1. The highest BCUT2D eigenvalue weighted by Gasteiger charge is 2.33. The quantitative estimate of drug-likeness (QED) is 0.852. The molecule has 1 aromatic carbocycles. The first-order valence-corrected chi connectivity index (χ1v) is 8.21. The molecule has 1 amide bonds. The van der Waals surface area contributed by atoms with E-state index in [9.17, 15) is 18.0 Å². The van der Waals surface area contributed by atoms with E-state index in [1.807, 2.05) is 0 Å². The van der Waals surface area contributed by atoms with Gasteiger partial charge in [0.2, 0.25) is 5.91 Å². The smallest absolute Gasteiger partial charge is 0.381 e. The summed E-state index contributed by atoms with van der Waals surface area (Å²) >= 11 is 0. The first-order chi connectivity index (χ1) is 12.4. The number of carbonyl (C=O) groups is 1. The first-order valence-electron chi connectivity index (χ1n) is 8.21. The minimum Gasteiger partial charge on any atom is -0.381 e. The Hall–Kier alpha value is -2.61. The molecule has 1 aliphatic heterocycles. The van der Waals surface area contributed by atoms with E-state index in [1.165, 1.54) is 24.4 Å². The van der Waals surface area contributed by atoms with Gasteiger partial charge in [-0.1, -0.05) is 12.1 Å². The van der Waals surface area contributed by atoms with E-state index in [0.29, 0.717) is 37.6 Å². The Kier molecular flexibility index (Phi) is 5.41. The van der Waals surface area contributed by atoms with Crippen molar-refractivity contribution in [3.8, 4) is 0 Å². The van der Waals surface area contributed by atoms with Gasteiger partial charge < -0.3 is 15.4 Å². The summed E-state index contributed by atoms with van der Waals surface area (Å²) in [6, 6.07) is 8.34. The number of nitrogens with zero attached hydrogens (tertiary/aromatic N) is 1. The van der Waals surface area contributed by atoms with Crippen LogP contribution in [0.2, 0.25) is 0 Å². The average molecular weight is 365 g/mol. The average Bonchev–Trinajstić information content (AvgIpc) is 2.63. The summed E-state index contributed by atoms with van der Waals surface area (Å²) in [5.41, 5.74) is -0.413. The van der Waals surface area contributed by atoms with Gasteiger partial charge in [-0.15, -0.1) is 0 Å². The Morgan fingerprint density at radius 3 is 2.50 bits per heavy atom. The molecule has 0 spiro atoms. The number of nitrogens with one attached hydrogen (secondary N) is 2. The van der Waals surface area contributed by atoms with Crippen LogP contribution in [-0.2, 0) is 15.7 Å². The predicted octanol–water partition coefficient (Wildman–Crippen LogP) is 4.21. The molecule has 0 aliphatic carbocycles. The van der Waals surface area contributed by atoms with Gasteiger partial charge in [0.1, 0.15) is 5.82 Å². The van der Waals surface area contributed by atoms with E-state index in [0.717, 1.165) is 6.07 Å². The molecule has 26 heavy (non-hydrogen) atoms. The van der Waals surface area contributed by atoms with Crippen LogP contribution >= 0.6 is 0 Å². The van der Waals surface area contributed by atoms with E-state index >= 15 is 0 Å². The molecule has 138 valence electrons. The number of pyridine rings is 1. The second-order valence-corrected chi connectivity index (χ2v) is 5.98.